The first-order valence-electron chi connectivity index (χ1n) is 6.89. The highest BCUT2D eigenvalue weighted by atomic mass is 16.5. The van der Waals surface area contributed by atoms with Crippen molar-refractivity contribution >= 4 is 5.97 Å². The highest BCUT2D eigenvalue weighted by molar-refractivity contribution is 5.75. The topological polar surface area (TPSA) is 58.6 Å². The van der Waals surface area contributed by atoms with Crippen LogP contribution >= 0.6 is 0 Å². The van der Waals surface area contributed by atoms with Crippen LogP contribution in [0.2, 0.25) is 0 Å². The van der Waals surface area contributed by atoms with E-state index in [1.54, 1.807) is 0 Å². The third kappa shape index (κ3) is 4.24. The zero-order chi connectivity index (χ0) is 13.7. The molecule has 104 valence electrons. The summed E-state index contributed by atoms with van der Waals surface area (Å²) in [4.78, 5) is 11.3. The number of hydrogen-bond donors (Lipinski definition) is 2. The molecule has 2 rings (SSSR count). The summed E-state index contributed by atoms with van der Waals surface area (Å²) in [7, 11) is 0. The minimum atomic E-state index is -0.831. The van der Waals surface area contributed by atoms with E-state index in [0.717, 1.165) is 24.3 Å². The molecule has 0 amide bonds. The SMILES string of the molecule is CCCOc1ccc(C(NCC2CC2)C(=O)O)cc1. The molecule has 2 N–H and O–H groups in total. The molecule has 0 saturated heterocycles. The fourth-order valence-electron chi connectivity index (χ4n) is 1.93. The van der Waals surface area contributed by atoms with Crippen LogP contribution in [-0.4, -0.2) is 24.2 Å². The highest BCUT2D eigenvalue weighted by Gasteiger charge is 2.25. The van der Waals surface area contributed by atoms with E-state index in [1.807, 2.05) is 24.3 Å². The third-order valence-corrected chi connectivity index (χ3v) is 3.24. The van der Waals surface area contributed by atoms with E-state index < -0.39 is 12.0 Å². The summed E-state index contributed by atoms with van der Waals surface area (Å²) in [5.41, 5.74) is 0.775. The van der Waals surface area contributed by atoms with E-state index in [9.17, 15) is 9.90 Å². The van der Waals surface area contributed by atoms with Gasteiger partial charge in [0.25, 0.3) is 0 Å². The number of rotatable bonds is 8. The van der Waals surface area contributed by atoms with Gasteiger partial charge in [-0.1, -0.05) is 19.1 Å². The summed E-state index contributed by atoms with van der Waals surface area (Å²) in [5.74, 6) is 0.619. The largest absolute Gasteiger partial charge is 0.494 e. The number of hydrogen-bond acceptors (Lipinski definition) is 3. The van der Waals surface area contributed by atoms with Gasteiger partial charge in [0.1, 0.15) is 11.8 Å². The van der Waals surface area contributed by atoms with Gasteiger partial charge in [-0.05, 0) is 49.4 Å². The van der Waals surface area contributed by atoms with Crippen molar-refractivity contribution in [2.24, 2.45) is 5.92 Å². The summed E-state index contributed by atoms with van der Waals surface area (Å²) >= 11 is 0. The van der Waals surface area contributed by atoms with Crippen LogP contribution in [0.5, 0.6) is 5.75 Å². The van der Waals surface area contributed by atoms with Crippen molar-refractivity contribution in [1.29, 1.82) is 0 Å². The van der Waals surface area contributed by atoms with Crippen LogP contribution in [0.1, 0.15) is 37.8 Å². The molecule has 1 fully saturated rings. The average Bonchev–Trinajstić information content (AvgIpc) is 3.22. The summed E-state index contributed by atoms with van der Waals surface area (Å²) < 4.78 is 5.49. The molecule has 1 unspecified atom stereocenters. The first-order valence-corrected chi connectivity index (χ1v) is 6.89. The summed E-state index contributed by atoms with van der Waals surface area (Å²) in [6, 6.07) is 6.69. The molecule has 0 aliphatic heterocycles. The van der Waals surface area contributed by atoms with Gasteiger partial charge < -0.3 is 15.2 Å². The van der Waals surface area contributed by atoms with E-state index in [2.05, 4.69) is 12.2 Å². The monoisotopic (exact) mass is 263 g/mol. The van der Waals surface area contributed by atoms with Crippen molar-refractivity contribution < 1.29 is 14.6 Å². The zero-order valence-electron chi connectivity index (χ0n) is 11.3. The number of carbonyl (C=O) groups is 1. The van der Waals surface area contributed by atoms with E-state index in [1.165, 1.54) is 12.8 Å². The van der Waals surface area contributed by atoms with Crippen LogP contribution in [0.3, 0.4) is 0 Å². The number of benzene rings is 1. The molecule has 1 atom stereocenters. The van der Waals surface area contributed by atoms with Gasteiger partial charge in [-0.15, -0.1) is 0 Å². The Morgan fingerprint density at radius 2 is 2.11 bits per heavy atom. The van der Waals surface area contributed by atoms with Gasteiger partial charge >= 0.3 is 5.97 Å². The van der Waals surface area contributed by atoms with Crippen LogP contribution in [0.25, 0.3) is 0 Å². The molecule has 1 saturated carbocycles. The van der Waals surface area contributed by atoms with Crippen molar-refractivity contribution in [3.63, 3.8) is 0 Å². The van der Waals surface area contributed by atoms with Gasteiger partial charge in [0.15, 0.2) is 0 Å². The summed E-state index contributed by atoms with van der Waals surface area (Å²) in [5, 5.41) is 12.4. The maximum atomic E-state index is 11.3. The zero-order valence-corrected chi connectivity index (χ0v) is 11.3. The lowest BCUT2D eigenvalue weighted by atomic mass is 10.1. The first-order chi connectivity index (χ1) is 9.20. The molecule has 0 spiro atoms. The van der Waals surface area contributed by atoms with Gasteiger partial charge in [0, 0.05) is 0 Å². The molecule has 1 aromatic carbocycles. The molecule has 0 heterocycles. The first kappa shape index (κ1) is 13.9. The molecule has 4 heteroatoms. The van der Waals surface area contributed by atoms with E-state index in [4.69, 9.17) is 4.74 Å². The standard InChI is InChI=1S/C15H21NO3/c1-2-9-19-13-7-5-12(6-8-13)14(15(17)18)16-10-11-3-4-11/h5-8,11,14,16H,2-4,9-10H2,1H3,(H,17,18). The second-order valence-electron chi connectivity index (χ2n) is 5.04. The summed E-state index contributed by atoms with van der Waals surface area (Å²) in [6.45, 7) is 3.52. The fraction of sp³-hybridized carbons (Fsp3) is 0.533. The van der Waals surface area contributed by atoms with Crippen LogP contribution < -0.4 is 10.1 Å². The molecule has 0 aromatic heterocycles. The van der Waals surface area contributed by atoms with Crippen LogP contribution in [0, 0.1) is 5.92 Å². The Morgan fingerprint density at radius 1 is 1.42 bits per heavy atom. The van der Waals surface area contributed by atoms with Gasteiger partial charge in [-0.25, -0.2) is 0 Å². The Hall–Kier alpha value is -1.55. The van der Waals surface area contributed by atoms with Crippen molar-refractivity contribution in [2.75, 3.05) is 13.2 Å². The third-order valence-electron chi connectivity index (χ3n) is 3.24. The van der Waals surface area contributed by atoms with Crippen molar-refractivity contribution in [3.8, 4) is 5.75 Å². The Balaban J connectivity index is 1.97. The van der Waals surface area contributed by atoms with Gasteiger partial charge in [-0.2, -0.15) is 0 Å². The molecule has 1 aliphatic carbocycles. The minimum Gasteiger partial charge on any atom is -0.494 e. The van der Waals surface area contributed by atoms with Crippen LogP contribution in [0.15, 0.2) is 24.3 Å². The Bertz CT molecular complexity index is 412. The van der Waals surface area contributed by atoms with Crippen molar-refractivity contribution in [1.82, 2.24) is 5.32 Å². The lowest BCUT2D eigenvalue weighted by molar-refractivity contribution is -0.139. The predicted octanol–water partition coefficient (Wildman–Crippen LogP) is 2.60. The van der Waals surface area contributed by atoms with Crippen LogP contribution in [0.4, 0.5) is 0 Å². The molecule has 0 radical (unpaired) electrons. The van der Waals surface area contributed by atoms with E-state index >= 15 is 0 Å². The minimum absolute atomic E-state index is 0.624. The number of carboxylic acid groups (broad SMARTS) is 1. The Kier molecular flexibility index (Phi) is 4.80. The molecule has 19 heavy (non-hydrogen) atoms. The number of carboxylic acids is 1. The van der Waals surface area contributed by atoms with Crippen molar-refractivity contribution in [3.05, 3.63) is 29.8 Å². The van der Waals surface area contributed by atoms with E-state index in [0.29, 0.717) is 12.5 Å². The van der Waals surface area contributed by atoms with Gasteiger partial charge in [0.2, 0.25) is 0 Å². The highest BCUT2D eigenvalue weighted by Crippen LogP contribution is 2.29. The molecule has 1 aromatic rings. The predicted molar refractivity (Wildman–Crippen MR) is 73.3 cm³/mol. The molecule has 1 aliphatic rings. The smallest absolute Gasteiger partial charge is 0.325 e. The normalized spacial score (nSPS) is 16.1. The number of aliphatic carboxylic acids is 1. The maximum Gasteiger partial charge on any atom is 0.325 e. The molecular formula is C15H21NO3. The number of ether oxygens (including phenoxy) is 1. The van der Waals surface area contributed by atoms with Gasteiger partial charge in [0.05, 0.1) is 6.61 Å². The number of nitrogens with one attached hydrogen (secondary N) is 1. The fourth-order valence-corrected chi connectivity index (χ4v) is 1.93. The molecule has 4 nitrogen and oxygen atoms in total. The Morgan fingerprint density at radius 3 is 2.63 bits per heavy atom. The van der Waals surface area contributed by atoms with Gasteiger partial charge in [-0.3, -0.25) is 4.79 Å². The second-order valence-corrected chi connectivity index (χ2v) is 5.04. The quantitative estimate of drug-likeness (QED) is 0.757. The average molecular weight is 263 g/mol. The molecular weight excluding hydrogens is 242 g/mol. The lowest BCUT2D eigenvalue weighted by Crippen LogP contribution is -2.30. The van der Waals surface area contributed by atoms with Crippen LogP contribution in [-0.2, 0) is 4.79 Å². The lowest BCUT2D eigenvalue weighted by Gasteiger charge is -2.15. The van der Waals surface area contributed by atoms with Crippen molar-refractivity contribution in [2.45, 2.75) is 32.2 Å². The molecule has 0 bridgehead atoms. The summed E-state index contributed by atoms with van der Waals surface area (Å²) in [6.07, 6.45) is 3.38. The Labute approximate surface area is 113 Å². The van der Waals surface area contributed by atoms with E-state index in [-0.39, 0.29) is 0 Å². The maximum absolute atomic E-state index is 11.3. The second kappa shape index (κ2) is 6.57.